The topological polar surface area (TPSA) is 49.3 Å². The fraction of sp³-hybridized carbons (Fsp3) is 0.500. The molecular weight excluding hydrogens is 439 g/mol. The number of nitrogens with zero attached hydrogens (tertiary/aromatic N) is 2. The minimum atomic E-state index is 0. The zero-order valence-electron chi connectivity index (χ0n) is 14.1. The Hall–Kier alpha value is -0.670. The number of guanidine groups is 1. The van der Waals surface area contributed by atoms with Crippen LogP contribution in [0.1, 0.15) is 32.3 Å². The average Bonchev–Trinajstić information content (AvgIpc) is 3.02. The van der Waals surface area contributed by atoms with Gasteiger partial charge in [-0.3, -0.25) is 0 Å². The monoisotopic (exact) mass is 464 g/mol. The molecule has 2 aromatic heterocycles. The summed E-state index contributed by atoms with van der Waals surface area (Å²) in [4.78, 5) is 13.1. The molecule has 0 radical (unpaired) electrons. The number of nitrogens with one attached hydrogen (secondary N) is 2. The quantitative estimate of drug-likeness (QED) is 0.386. The maximum absolute atomic E-state index is 4.65. The van der Waals surface area contributed by atoms with E-state index in [-0.39, 0.29) is 24.0 Å². The first-order chi connectivity index (χ1) is 10.6. The first-order valence-electron chi connectivity index (χ1n) is 7.59. The number of hydrogen-bond acceptors (Lipinski definition) is 4. The predicted octanol–water partition coefficient (Wildman–Crippen LogP) is 4.05. The van der Waals surface area contributed by atoms with Crippen LogP contribution >= 0.6 is 46.7 Å². The highest BCUT2D eigenvalue weighted by molar-refractivity contribution is 14.0. The number of aliphatic imine (C=N–C) groups is 1. The molecule has 0 spiro atoms. The first-order valence-corrected chi connectivity index (χ1v) is 9.22. The normalized spacial score (nSPS) is 11.2. The van der Waals surface area contributed by atoms with Gasteiger partial charge in [0.05, 0.1) is 17.2 Å². The zero-order valence-corrected chi connectivity index (χ0v) is 18.1. The van der Waals surface area contributed by atoms with Crippen molar-refractivity contribution in [2.75, 3.05) is 13.1 Å². The number of aromatic nitrogens is 1. The Balaban J connectivity index is 0.00000264. The van der Waals surface area contributed by atoms with E-state index >= 15 is 0 Å². The van der Waals surface area contributed by atoms with E-state index < -0.39 is 0 Å². The molecule has 0 aliphatic rings. The molecule has 2 rings (SSSR count). The fourth-order valence-electron chi connectivity index (χ4n) is 2.17. The Bertz CT molecular complexity index is 634. The molecule has 0 unspecified atom stereocenters. The molecule has 2 heterocycles. The number of rotatable bonds is 6. The van der Waals surface area contributed by atoms with Gasteiger partial charge in [0.1, 0.15) is 0 Å². The molecule has 0 saturated carbocycles. The summed E-state index contributed by atoms with van der Waals surface area (Å²) in [6.07, 6.45) is 0.986. The summed E-state index contributed by atoms with van der Waals surface area (Å²) >= 11 is 3.59. The highest BCUT2D eigenvalue weighted by Crippen LogP contribution is 2.17. The Morgan fingerprint density at radius 2 is 1.96 bits per heavy atom. The summed E-state index contributed by atoms with van der Waals surface area (Å²) in [5.41, 5.74) is 1.15. The molecule has 0 fully saturated rings. The average molecular weight is 464 g/mol. The van der Waals surface area contributed by atoms with E-state index in [9.17, 15) is 0 Å². The number of thiazole rings is 1. The number of halogens is 1. The van der Waals surface area contributed by atoms with Crippen molar-refractivity contribution in [2.24, 2.45) is 4.99 Å². The summed E-state index contributed by atoms with van der Waals surface area (Å²) in [7, 11) is 0. The first kappa shape index (κ1) is 20.4. The van der Waals surface area contributed by atoms with Gasteiger partial charge in [0.25, 0.3) is 0 Å². The number of thiophene rings is 1. The van der Waals surface area contributed by atoms with Crippen LogP contribution in [0.3, 0.4) is 0 Å². The van der Waals surface area contributed by atoms with Gasteiger partial charge in [0, 0.05) is 34.1 Å². The standard InChI is InChI=1S/C16H24N4S2.HI/c1-5-17-16(19-10-14-7-6-11(2)21-14)18-9-8-15-12(3)20-13(4)22-15;/h6-7H,5,8-10H2,1-4H3,(H2,17,18,19);1H. The lowest BCUT2D eigenvalue weighted by atomic mass is 10.3. The van der Waals surface area contributed by atoms with Crippen molar-refractivity contribution in [3.8, 4) is 0 Å². The molecule has 0 aromatic carbocycles. The lowest BCUT2D eigenvalue weighted by Gasteiger charge is -2.10. The minimum absolute atomic E-state index is 0. The van der Waals surface area contributed by atoms with Crippen LogP contribution in [-0.4, -0.2) is 24.0 Å². The van der Waals surface area contributed by atoms with E-state index in [0.29, 0.717) is 0 Å². The van der Waals surface area contributed by atoms with Gasteiger partial charge in [-0.25, -0.2) is 9.98 Å². The molecule has 2 N–H and O–H groups in total. The molecule has 2 aromatic rings. The maximum Gasteiger partial charge on any atom is 0.191 e. The molecule has 7 heteroatoms. The molecule has 0 amide bonds. The van der Waals surface area contributed by atoms with Gasteiger partial charge in [0.2, 0.25) is 0 Å². The van der Waals surface area contributed by atoms with E-state index in [1.165, 1.54) is 14.6 Å². The number of aryl methyl sites for hydroxylation is 3. The molecule has 0 atom stereocenters. The molecule has 0 saturated heterocycles. The predicted molar refractivity (Wildman–Crippen MR) is 113 cm³/mol. The Labute approximate surface area is 163 Å². The summed E-state index contributed by atoms with van der Waals surface area (Å²) in [5.74, 6) is 0.882. The summed E-state index contributed by atoms with van der Waals surface area (Å²) in [6.45, 7) is 10.8. The molecule has 23 heavy (non-hydrogen) atoms. The van der Waals surface area contributed by atoms with Crippen molar-refractivity contribution in [2.45, 2.75) is 40.7 Å². The molecule has 128 valence electrons. The van der Waals surface area contributed by atoms with Gasteiger partial charge in [0.15, 0.2) is 5.96 Å². The smallest absolute Gasteiger partial charge is 0.191 e. The van der Waals surface area contributed by atoms with E-state index in [0.717, 1.165) is 42.7 Å². The van der Waals surface area contributed by atoms with E-state index in [4.69, 9.17) is 0 Å². The Kier molecular flexibility index (Phi) is 9.08. The van der Waals surface area contributed by atoms with Crippen LogP contribution in [0.2, 0.25) is 0 Å². The third-order valence-electron chi connectivity index (χ3n) is 3.18. The number of hydrogen-bond donors (Lipinski definition) is 2. The van der Waals surface area contributed by atoms with E-state index in [2.05, 4.69) is 60.4 Å². The summed E-state index contributed by atoms with van der Waals surface area (Å²) in [5, 5.41) is 7.84. The van der Waals surface area contributed by atoms with Crippen molar-refractivity contribution in [1.29, 1.82) is 0 Å². The Morgan fingerprint density at radius 3 is 2.52 bits per heavy atom. The lowest BCUT2D eigenvalue weighted by Crippen LogP contribution is -2.38. The summed E-state index contributed by atoms with van der Waals surface area (Å²) in [6, 6.07) is 4.29. The van der Waals surface area contributed by atoms with Crippen LogP contribution in [0, 0.1) is 20.8 Å². The third-order valence-corrected chi connectivity index (χ3v) is 5.30. The molecule has 0 aliphatic carbocycles. The maximum atomic E-state index is 4.65. The Morgan fingerprint density at radius 1 is 1.17 bits per heavy atom. The highest BCUT2D eigenvalue weighted by atomic mass is 127. The van der Waals surface area contributed by atoms with Crippen LogP contribution in [0.5, 0.6) is 0 Å². The fourth-order valence-corrected chi connectivity index (χ4v) is 3.92. The van der Waals surface area contributed by atoms with Crippen LogP contribution in [0.25, 0.3) is 0 Å². The van der Waals surface area contributed by atoms with Gasteiger partial charge >= 0.3 is 0 Å². The second-order valence-corrected chi connectivity index (χ2v) is 7.79. The van der Waals surface area contributed by atoms with Crippen molar-refractivity contribution < 1.29 is 0 Å². The largest absolute Gasteiger partial charge is 0.357 e. The third kappa shape index (κ3) is 6.76. The van der Waals surface area contributed by atoms with Crippen LogP contribution in [0.4, 0.5) is 0 Å². The van der Waals surface area contributed by atoms with E-state index in [1.807, 2.05) is 0 Å². The van der Waals surface area contributed by atoms with Gasteiger partial charge in [-0.15, -0.1) is 46.7 Å². The van der Waals surface area contributed by atoms with Crippen LogP contribution in [0.15, 0.2) is 17.1 Å². The molecular formula is C16H25IN4S2. The van der Waals surface area contributed by atoms with Crippen molar-refractivity contribution >= 4 is 52.6 Å². The van der Waals surface area contributed by atoms with Gasteiger partial charge in [-0.1, -0.05) is 0 Å². The lowest BCUT2D eigenvalue weighted by molar-refractivity contribution is 0.802. The summed E-state index contributed by atoms with van der Waals surface area (Å²) < 4.78 is 0. The van der Waals surface area contributed by atoms with Gasteiger partial charge in [-0.05, 0) is 39.8 Å². The molecule has 4 nitrogen and oxygen atoms in total. The second kappa shape index (κ2) is 10.2. The second-order valence-electron chi connectivity index (χ2n) is 5.13. The minimum Gasteiger partial charge on any atom is -0.357 e. The SMILES string of the molecule is CCNC(=NCc1ccc(C)s1)NCCc1sc(C)nc1C.I. The van der Waals surface area contributed by atoms with Crippen molar-refractivity contribution in [3.05, 3.63) is 37.5 Å². The molecule has 0 aliphatic heterocycles. The van der Waals surface area contributed by atoms with E-state index in [1.54, 1.807) is 22.7 Å². The van der Waals surface area contributed by atoms with Crippen LogP contribution in [-0.2, 0) is 13.0 Å². The zero-order chi connectivity index (χ0) is 15.9. The highest BCUT2D eigenvalue weighted by Gasteiger charge is 2.05. The van der Waals surface area contributed by atoms with Crippen LogP contribution < -0.4 is 10.6 Å². The van der Waals surface area contributed by atoms with Crippen molar-refractivity contribution in [3.63, 3.8) is 0 Å². The van der Waals surface area contributed by atoms with Crippen molar-refractivity contribution in [1.82, 2.24) is 15.6 Å². The molecule has 0 bridgehead atoms. The van der Waals surface area contributed by atoms with Gasteiger partial charge in [-0.2, -0.15) is 0 Å². The van der Waals surface area contributed by atoms with Gasteiger partial charge < -0.3 is 10.6 Å².